The van der Waals surface area contributed by atoms with Gasteiger partial charge in [0.2, 0.25) is 5.91 Å². The summed E-state index contributed by atoms with van der Waals surface area (Å²) in [6, 6.07) is 5.14. The van der Waals surface area contributed by atoms with Gasteiger partial charge in [-0.3, -0.25) is 9.59 Å². The number of carbonyl (C=O) groups is 2. The van der Waals surface area contributed by atoms with E-state index in [0.29, 0.717) is 23.8 Å². The van der Waals surface area contributed by atoms with Gasteiger partial charge >= 0.3 is 5.97 Å². The van der Waals surface area contributed by atoms with Crippen molar-refractivity contribution in [3.8, 4) is 11.5 Å². The lowest BCUT2D eigenvalue weighted by Gasteiger charge is -2.12. The van der Waals surface area contributed by atoms with Gasteiger partial charge in [0.25, 0.3) is 0 Å². The highest BCUT2D eigenvalue weighted by molar-refractivity contribution is 7.80. The number of esters is 1. The van der Waals surface area contributed by atoms with E-state index in [1.807, 2.05) is 0 Å². The van der Waals surface area contributed by atoms with Crippen molar-refractivity contribution < 1.29 is 23.8 Å². The van der Waals surface area contributed by atoms with E-state index in [4.69, 9.17) is 26.4 Å². The lowest BCUT2D eigenvalue weighted by molar-refractivity contribution is -0.144. The highest BCUT2D eigenvalue weighted by Crippen LogP contribution is 2.29. The molecule has 126 valence electrons. The molecule has 0 saturated heterocycles. The van der Waals surface area contributed by atoms with Gasteiger partial charge in [0, 0.05) is 18.2 Å². The monoisotopic (exact) mass is 340 g/mol. The predicted molar refractivity (Wildman–Crippen MR) is 89.8 cm³/mol. The number of benzene rings is 1. The lowest BCUT2D eigenvalue weighted by Crippen LogP contribution is -2.34. The van der Waals surface area contributed by atoms with Crippen molar-refractivity contribution >= 4 is 34.9 Å². The summed E-state index contributed by atoms with van der Waals surface area (Å²) in [5, 5.41) is 5.48. The Labute approximate surface area is 140 Å². The number of amides is 1. The van der Waals surface area contributed by atoms with Crippen LogP contribution in [-0.2, 0) is 14.3 Å². The second kappa shape index (κ2) is 9.62. The molecule has 1 aromatic rings. The van der Waals surface area contributed by atoms with Gasteiger partial charge in [-0.2, -0.15) is 0 Å². The normalized spacial score (nSPS) is 9.70. The van der Waals surface area contributed by atoms with Crippen LogP contribution in [0, 0.1) is 0 Å². The first-order valence-corrected chi connectivity index (χ1v) is 7.39. The number of methoxy groups -OCH3 is 2. The van der Waals surface area contributed by atoms with Gasteiger partial charge in [-0.15, -0.1) is 0 Å². The molecule has 0 spiro atoms. The number of ether oxygens (including phenoxy) is 3. The Hall–Kier alpha value is -2.35. The van der Waals surface area contributed by atoms with Crippen molar-refractivity contribution in [1.82, 2.24) is 5.32 Å². The van der Waals surface area contributed by atoms with E-state index >= 15 is 0 Å². The lowest BCUT2D eigenvalue weighted by atomic mass is 10.2. The average Bonchev–Trinajstić information content (AvgIpc) is 2.53. The number of hydrogen-bond acceptors (Lipinski definition) is 6. The summed E-state index contributed by atoms with van der Waals surface area (Å²) in [5.41, 5.74) is 0.637. The van der Waals surface area contributed by atoms with Gasteiger partial charge in [-0.25, -0.2) is 0 Å². The zero-order valence-corrected chi connectivity index (χ0v) is 14.1. The topological polar surface area (TPSA) is 85.9 Å². The highest BCUT2D eigenvalue weighted by atomic mass is 32.1. The van der Waals surface area contributed by atoms with Crippen LogP contribution in [0.15, 0.2) is 18.2 Å². The van der Waals surface area contributed by atoms with Gasteiger partial charge in [-0.05, 0) is 31.3 Å². The van der Waals surface area contributed by atoms with E-state index in [2.05, 4.69) is 10.6 Å². The van der Waals surface area contributed by atoms with Crippen LogP contribution in [0.4, 0.5) is 5.69 Å². The van der Waals surface area contributed by atoms with Crippen molar-refractivity contribution in [2.75, 3.05) is 26.1 Å². The molecule has 0 atom stereocenters. The molecule has 7 nitrogen and oxygen atoms in total. The fourth-order valence-corrected chi connectivity index (χ4v) is 1.95. The van der Waals surface area contributed by atoms with Gasteiger partial charge in [0.15, 0.2) is 16.6 Å². The van der Waals surface area contributed by atoms with E-state index in [1.54, 1.807) is 32.2 Å². The molecule has 0 aliphatic carbocycles. The minimum Gasteiger partial charge on any atom is -0.493 e. The zero-order valence-electron chi connectivity index (χ0n) is 13.3. The third kappa shape index (κ3) is 6.52. The molecule has 0 radical (unpaired) electrons. The molecule has 23 heavy (non-hydrogen) atoms. The Morgan fingerprint density at radius 3 is 2.43 bits per heavy atom. The van der Waals surface area contributed by atoms with Crippen LogP contribution in [0.1, 0.15) is 19.8 Å². The van der Waals surface area contributed by atoms with E-state index in [9.17, 15) is 9.59 Å². The molecule has 0 heterocycles. The SMILES string of the molecule is CCOC(=O)CCC(=O)NC(=S)Nc1ccc(OC)c(OC)c1. The molecule has 1 aromatic carbocycles. The van der Waals surface area contributed by atoms with Crippen molar-refractivity contribution in [1.29, 1.82) is 0 Å². The van der Waals surface area contributed by atoms with Gasteiger partial charge in [-0.1, -0.05) is 0 Å². The van der Waals surface area contributed by atoms with Crippen LogP contribution >= 0.6 is 12.2 Å². The fraction of sp³-hybridized carbons (Fsp3) is 0.400. The molecular formula is C15H20N2O5S. The first-order chi connectivity index (χ1) is 11.0. The minimum absolute atomic E-state index is 0.00653. The Bertz CT molecular complexity index is 577. The van der Waals surface area contributed by atoms with E-state index in [0.717, 1.165) is 0 Å². The number of rotatable bonds is 7. The Kier molecular flexibility index (Phi) is 7.82. The zero-order chi connectivity index (χ0) is 17.2. The number of nitrogens with one attached hydrogen (secondary N) is 2. The second-order valence-electron chi connectivity index (χ2n) is 4.38. The maximum absolute atomic E-state index is 11.7. The first-order valence-electron chi connectivity index (χ1n) is 6.98. The van der Waals surface area contributed by atoms with Crippen molar-refractivity contribution in [2.24, 2.45) is 0 Å². The van der Waals surface area contributed by atoms with Crippen LogP contribution in [0.5, 0.6) is 11.5 Å². The van der Waals surface area contributed by atoms with Crippen molar-refractivity contribution in [2.45, 2.75) is 19.8 Å². The van der Waals surface area contributed by atoms with Gasteiger partial charge in [0.1, 0.15) is 0 Å². The third-order valence-corrected chi connectivity index (χ3v) is 2.96. The summed E-state index contributed by atoms with van der Waals surface area (Å²) in [4.78, 5) is 22.9. The quantitative estimate of drug-likeness (QED) is 0.579. The highest BCUT2D eigenvalue weighted by Gasteiger charge is 2.10. The molecule has 0 bridgehead atoms. The smallest absolute Gasteiger partial charge is 0.306 e. The fourth-order valence-electron chi connectivity index (χ4n) is 1.71. The Morgan fingerprint density at radius 1 is 1.13 bits per heavy atom. The van der Waals surface area contributed by atoms with E-state index in [-0.39, 0.29) is 23.9 Å². The summed E-state index contributed by atoms with van der Waals surface area (Å²) in [7, 11) is 3.07. The summed E-state index contributed by atoms with van der Waals surface area (Å²) >= 11 is 5.05. The van der Waals surface area contributed by atoms with Crippen LogP contribution < -0.4 is 20.1 Å². The summed E-state index contributed by atoms with van der Waals surface area (Å²) in [5.74, 6) is 0.342. The molecule has 0 aromatic heterocycles. The summed E-state index contributed by atoms with van der Waals surface area (Å²) in [6.45, 7) is 2.00. The molecule has 0 unspecified atom stereocenters. The number of thiocarbonyl (C=S) groups is 1. The molecule has 1 rings (SSSR count). The standard InChI is InChI=1S/C15H20N2O5S/c1-4-22-14(19)8-7-13(18)17-15(23)16-10-5-6-11(20-2)12(9-10)21-3/h5-6,9H,4,7-8H2,1-3H3,(H2,16,17,18,23). The number of anilines is 1. The predicted octanol–water partition coefficient (Wildman–Crippen LogP) is 1.86. The molecule has 8 heteroatoms. The average molecular weight is 340 g/mol. The maximum atomic E-state index is 11.7. The van der Waals surface area contributed by atoms with Crippen LogP contribution in [0.25, 0.3) is 0 Å². The molecule has 0 fully saturated rings. The Balaban J connectivity index is 2.50. The van der Waals surface area contributed by atoms with Crippen LogP contribution in [-0.4, -0.2) is 37.8 Å². The maximum Gasteiger partial charge on any atom is 0.306 e. The largest absolute Gasteiger partial charge is 0.493 e. The van der Waals surface area contributed by atoms with Crippen molar-refractivity contribution in [3.05, 3.63) is 18.2 Å². The molecular weight excluding hydrogens is 320 g/mol. The summed E-state index contributed by atoms with van der Waals surface area (Å²) in [6.07, 6.45) is 0.0191. The van der Waals surface area contributed by atoms with Crippen LogP contribution in [0.3, 0.4) is 0 Å². The first kappa shape index (κ1) is 18.7. The van der Waals surface area contributed by atoms with Crippen molar-refractivity contribution in [3.63, 3.8) is 0 Å². The molecule has 0 saturated carbocycles. The van der Waals surface area contributed by atoms with Gasteiger partial charge in [0.05, 0.1) is 27.2 Å². The molecule has 1 amide bonds. The number of hydrogen-bond donors (Lipinski definition) is 2. The number of carbonyl (C=O) groups excluding carboxylic acids is 2. The van der Waals surface area contributed by atoms with E-state index < -0.39 is 5.97 Å². The minimum atomic E-state index is -0.415. The third-order valence-electron chi connectivity index (χ3n) is 2.76. The molecule has 0 aliphatic heterocycles. The van der Waals surface area contributed by atoms with Crippen LogP contribution in [0.2, 0.25) is 0 Å². The second-order valence-corrected chi connectivity index (χ2v) is 4.79. The van der Waals surface area contributed by atoms with E-state index in [1.165, 1.54) is 7.11 Å². The Morgan fingerprint density at radius 2 is 1.83 bits per heavy atom. The molecule has 2 N–H and O–H groups in total. The van der Waals surface area contributed by atoms with Gasteiger partial charge < -0.3 is 24.8 Å². The molecule has 0 aliphatic rings. The summed E-state index contributed by atoms with van der Waals surface area (Å²) < 4.78 is 15.1.